The van der Waals surface area contributed by atoms with E-state index in [0.29, 0.717) is 13.1 Å². The standard InChI is InChI=1S/C22H27FN4O3S/c23-19-9-8-17(15-20(19)31(29,30)27-13-4-5-14-27)22(28)25-16-18-7-6-10-24-21(18)26-11-2-1-3-12-26/h6-10,15H,1-5,11-14,16H2,(H,25,28). The molecule has 31 heavy (non-hydrogen) atoms. The van der Waals surface area contributed by atoms with Crippen LogP contribution in [0.25, 0.3) is 0 Å². The summed E-state index contributed by atoms with van der Waals surface area (Å²) in [4.78, 5) is 19.0. The van der Waals surface area contributed by atoms with Crippen LogP contribution in [-0.4, -0.2) is 49.8 Å². The van der Waals surface area contributed by atoms with Crippen LogP contribution < -0.4 is 10.2 Å². The van der Waals surface area contributed by atoms with E-state index in [4.69, 9.17) is 0 Å². The van der Waals surface area contributed by atoms with Crippen molar-refractivity contribution in [3.63, 3.8) is 0 Å². The number of aromatic nitrogens is 1. The second-order valence-corrected chi connectivity index (χ2v) is 9.88. The van der Waals surface area contributed by atoms with Gasteiger partial charge in [-0.25, -0.2) is 17.8 Å². The second-order valence-electron chi connectivity index (χ2n) is 7.97. The number of pyridine rings is 1. The predicted molar refractivity (Wildman–Crippen MR) is 116 cm³/mol. The van der Waals surface area contributed by atoms with Gasteiger partial charge in [0.25, 0.3) is 5.91 Å². The van der Waals surface area contributed by atoms with Gasteiger partial charge in [0.05, 0.1) is 0 Å². The molecule has 0 radical (unpaired) electrons. The van der Waals surface area contributed by atoms with Crippen LogP contribution in [0.3, 0.4) is 0 Å². The van der Waals surface area contributed by atoms with Gasteiger partial charge >= 0.3 is 0 Å². The minimum atomic E-state index is -3.95. The van der Waals surface area contributed by atoms with E-state index in [2.05, 4.69) is 15.2 Å². The van der Waals surface area contributed by atoms with Gasteiger partial charge in [0.15, 0.2) is 0 Å². The van der Waals surface area contributed by atoms with Crippen molar-refractivity contribution in [2.45, 2.75) is 43.5 Å². The molecule has 0 spiro atoms. The number of hydrogen-bond donors (Lipinski definition) is 1. The molecule has 2 aromatic rings. The highest BCUT2D eigenvalue weighted by molar-refractivity contribution is 7.89. The Morgan fingerprint density at radius 2 is 1.74 bits per heavy atom. The molecule has 0 aliphatic carbocycles. The van der Waals surface area contributed by atoms with Crippen LogP contribution in [0.1, 0.15) is 48.0 Å². The Hall–Kier alpha value is -2.52. The maximum atomic E-state index is 14.3. The minimum Gasteiger partial charge on any atom is -0.356 e. The summed E-state index contributed by atoms with van der Waals surface area (Å²) in [7, 11) is -3.95. The Kier molecular flexibility index (Phi) is 6.52. The number of halogens is 1. The zero-order valence-electron chi connectivity index (χ0n) is 17.4. The molecule has 1 aromatic carbocycles. The molecule has 0 bridgehead atoms. The van der Waals surface area contributed by atoms with Crippen LogP contribution in [0.2, 0.25) is 0 Å². The van der Waals surface area contributed by atoms with Crippen LogP contribution in [0.4, 0.5) is 10.2 Å². The molecule has 1 aromatic heterocycles. The molecule has 0 atom stereocenters. The zero-order valence-corrected chi connectivity index (χ0v) is 18.2. The van der Waals surface area contributed by atoms with Crippen LogP contribution in [-0.2, 0) is 16.6 Å². The van der Waals surface area contributed by atoms with Gasteiger partial charge in [-0.2, -0.15) is 4.31 Å². The molecular weight excluding hydrogens is 419 g/mol. The molecular formula is C22H27FN4O3S. The molecule has 2 fully saturated rings. The summed E-state index contributed by atoms with van der Waals surface area (Å²) in [5, 5.41) is 2.83. The van der Waals surface area contributed by atoms with E-state index < -0.39 is 26.6 Å². The average Bonchev–Trinajstić information content (AvgIpc) is 3.34. The largest absolute Gasteiger partial charge is 0.356 e. The maximum Gasteiger partial charge on any atom is 0.251 e. The van der Waals surface area contributed by atoms with Gasteiger partial charge in [-0.05, 0) is 56.4 Å². The lowest BCUT2D eigenvalue weighted by atomic mass is 10.1. The van der Waals surface area contributed by atoms with Gasteiger partial charge in [0.2, 0.25) is 10.0 Å². The Bertz CT molecular complexity index is 1050. The third-order valence-electron chi connectivity index (χ3n) is 5.84. The maximum absolute atomic E-state index is 14.3. The van der Waals surface area contributed by atoms with Crippen LogP contribution >= 0.6 is 0 Å². The van der Waals surface area contributed by atoms with Crippen molar-refractivity contribution in [3.8, 4) is 0 Å². The summed E-state index contributed by atoms with van der Waals surface area (Å²) in [5.41, 5.74) is 1.01. The van der Waals surface area contributed by atoms with Gasteiger partial charge in [0.1, 0.15) is 16.5 Å². The monoisotopic (exact) mass is 446 g/mol. The average molecular weight is 447 g/mol. The van der Waals surface area contributed by atoms with Gasteiger partial charge in [0, 0.05) is 50.0 Å². The quantitative estimate of drug-likeness (QED) is 0.738. The van der Waals surface area contributed by atoms with Crippen molar-refractivity contribution in [1.82, 2.24) is 14.6 Å². The molecule has 7 nitrogen and oxygen atoms in total. The lowest BCUT2D eigenvalue weighted by Crippen LogP contribution is -2.32. The lowest BCUT2D eigenvalue weighted by Gasteiger charge is -2.29. The molecule has 0 saturated carbocycles. The van der Waals surface area contributed by atoms with E-state index in [0.717, 1.165) is 62.3 Å². The summed E-state index contributed by atoms with van der Waals surface area (Å²) in [6.07, 6.45) is 6.70. The van der Waals surface area contributed by atoms with Crippen LogP contribution in [0.5, 0.6) is 0 Å². The fraction of sp³-hybridized carbons (Fsp3) is 0.455. The van der Waals surface area contributed by atoms with Crippen LogP contribution in [0, 0.1) is 5.82 Å². The van der Waals surface area contributed by atoms with Gasteiger partial charge in [-0.15, -0.1) is 0 Å². The highest BCUT2D eigenvalue weighted by Gasteiger charge is 2.30. The van der Waals surface area contributed by atoms with Gasteiger partial charge in [-0.3, -0.25) is 4.79 Å². The van der Waals surface area contributed by atoms with E-state index >= 15 is 0 Å². The third-order valence-corrected chi connectivity index (χ3v) is 7.75. The number of carbonyl (C=O) groups excluding carboxylic acids is 1. The van der Waals surface area contributed by atoms with Gasteiger partial charge in [-0.1, -0.05) is 6.07 Å². The number of piperidine rings is 1. The van der Waals surface area contributed by atoms with Crippen molar-refractivity contribution < 1.29 is 17.6 Å². The summed E-state index contributed by atoms with van der Waals surface area (Å²) < 4.78 is 41.2. The summed E-state index contributed by atoms with van der Waals surface area (Å²) in [6.45, 7) is 2.88. The molecule has 2 aliphatic heterocycles. The number of nitrogens with zero attached hydrogens (tertiary/aromatic N) is 3. The topological polar surface area (TPSA) is 82.6 Å². The number of sulfonamides is 1. The molecule has 0 unspecified atom stereocenters. The highest BCUT2D eigenvalue weighted by atomic mass is 32.2. The number of anilines is 1. The molecule has 1 N–H and O–H groups in total. The lowest BCUT2D eigenvalue weighted by molar-refractivity contribution is 0.0950. The molecule has 1 amide bonds. The molecule has 9 heteroatoms. The first kappa shape index (κ1) is 21.7. The molecule has 2 saturated heterocycles. The molecule has 3 heterocycles. The SMILES string of the molecule is O=C(NCc1cccnc1N1CCCCC1)c1ccc(F)c(S(=O)(=O)N2CCCC2)c1. The summed E-state index contributed by atoms with van der Waals surface area (Å²) in [6, 6.07) is 7.23. The first-order chi connectivity index (χ1) is 15.0. The number of benzene rings is 1. The van der Waals surface area contributed by atoms with E-state index in [9.17, 15) is 17.6 Å². The van der Waals surface area contributed by atoms with Crippen molar-refractivity contribution >= 4 is 21.7 Å². The number of hydrogen-bond acceptors (Lipinski definition) is 5. The fourth-order valence-corrected chi connectivity index (χ4v) is 5.75. The van der Waals surface area contributed by atoms with Crippen molar-refractivity contribution in [3.05, 3.63) is 53.5 Å². The molecule has 4 rings (SSSR count). The van der Waals surface area contributed by atoms with Gasteiger partial charge < -0.3 is 10.2 Å². The Morgan fingerprint density at radius 1 is 1.03 bits per heavy atom. The fourth-order valence-electron chi connectivity index (χ4n) is 4.15. The number of rotatable bonds is 6. The van der Waals surface area contributed by atoms with E-state index in [1.165, 1.54) is 16.8 Å². The molecule has 166 valence electrons. The van der Waals surface area contributed by atoms with Crippen molar-refractivity contribution in [2.75, 3.05) is 31.1 Å². The van der Waals surface area contributed by atoms with Crippen LogP contribution in [0.15, 0.2) is 41.4 Å². The Balaban J connectivity index is 1.50. The summed E-state index contributed by atoms with van der Waals surface area (Å²) >= 11 is 0. The number of carbonyl (C=O) groups is 1. The van der Waals surface area contributed by atoms with E-state index in [1.54, 1.807) is 6.20 Å². The number of nitrogens with one attached hydrogen (secondary N) is 1. The zero-order chi connectivity index (χ0) is 21.8. The summed E-state index contributed by atoms with van der Waals surface area (Å²) in [5.74, 6) is -0.437. The second kappa shape index (κ2) is 9.32. The predicted octanol–water partition coefficient (Wildman–Crippen LogP) is 2.93. The first-order valence-electron chi connectivity index (χ1n) is 10.7. The molecule has 2 aliphatic rings. The van der Waals surface area contributed by atoms with E-state index in [-0.39, 0.29) is 12.1 Å². The Labute approximate surface area is 182 Å². The first-order valence-corrected chi connectivity index (χ1v) is 12.2. The Morgan fingerprint density at radius 3 is 2.48 bits per heavy atom. The normalized spacial score (nSPS) is 17.6. The van der Waals surface area contributed by atoms with Crippen molar-refractivity contribution in [2.24, 2.45) is 0 Å². The smallest absolute Gasteiger partial charge is 0.251 e. The van der Waals surface area contributed by atoms with E-state index in [1.807, 2.05) is 12.1 Å². The minimum absolute atomic E-state index is 0.114. The third kappa shape index (κ3) is 4.72. The van der Waals surface area contributed by atoms with Crippen molar-refractivity contribution in [1.29, 1.82) is 0 Å². The highest BCUT2D eigenvalue weighted by Crippen LogP contribution is 2.25. The number of amides is 1.